The lowest BCUT2D eigenvalue weighted by Crippen LogP contribution is -2.33. The van der Waals surface area contributed by atoms with Crippen LogP contribution in [0.4, 0.5) is 0 Å². The maximum Gasteiger partial charge on any atom is 0.308 e. The van der Waals surface area contributed by atoms with Crippen LogP contribution in [0.5, 0.6) is 0 Å². The van der Waals surface area contributed by atoms with Crippen LogP contribution >= 0.6 is 50.7 Å². The number of rotatable bonds is 6. The van der Waals surface area contributed by atoms with E-state index in [1.165, 1.54) is 0 Å². The van der Waals surface area contributed by atoms with E-state index >= 15 is 0 Å². The topological polar surface area (TPSA) is 26.3 Å². The Morgan fingerprint density at radius 1 is 0.767 bits per heavy atom. The number of carbonyl (C=O) groups excluding carboxylic acids is 1. The van der Waals surface area contributed by atoms with E-state index < -0.39 is 5.41 Å². The minimum Gasteiger partial charge on any atom is -0.452 e. The van der Waals surface area contributed by atoms with E-state index in [-0.39, 0.29) is 19.0 Å². The Morgan fingerprint density at radius 2 is 1.13 bits per heavy atom. The first-order valence-corrected chi connectivity index (χ1v) is 10.9. The average Bonchev–Trinajstić information content (AvgIpc) is 2.74. The molecule has 0 aromatic heterocycles. The quantitative estimate of drug-likeness (QED) is 0.193. The molecule has 0 spiro atoms. The van der Waals surface area contributed by atoms with Crippen LogP contribution < -0.4 is 0 Å². The number of esters is 1. The molecule has 0 unspecified atom stereocenters. The lowest BCUT2D eigenvalue weighted by atomic mass is 9.67. The third kappa shape index (κ3) is 5.20. The number of hydrogen-bond donors (Lipinski definition) is 0. The van der Waals surface area contributed by atoms with Crippen LogP contribution in [0.3, 0.4) is 0 Å². The molecular weight excluding hydrogens is 507 g/mol. The monoisotopic (exact) mass is 520 g/mol. The van der Waals surface area contributed by atoms with Crippen LogP contribution in [-0.2, 0) is 14.9 Å². The Bertz CT molecular complexity index is 956. The maximum atomic E-state index is 12.9. The van der Waals surface area contributed by atoms with Crippen molar-refractivity contribution in [3.63, 3.8) is 0 Å². The molecule has 0 amide bonds. The lowest BCUT2D eigenvalue weighted by Gasteiger charge is -2.35. The molecule has 2 nitrogen and oxygen atoms in total. The fourth-order valence-corrected chi connectivity index (χ4v) is 3.91. The molecule has 6 heteroatoms. The zero-order valence-corrected chi connectivity index (χ0v) is 19.5. The lowest BCUT2D eigenvalue weighted by molar-refractivity contribution is -0.143. The van der Waals surface area contributed by atoms with Crippen molar-refractivity contribution in [2.75, 3.05) is 6.61 Å². The summed E-state index contributed by atoms with van der Waals surface area (Å²) in [5, 5.41) is 1.82. The standard InChI is InChI=1S/C24H16BrCl3O2/c25-14-1-15-30-23(29)16-24(17-2-8-20(26)9-3-17,18-4-10-21(27)11-5-18)19-6-12-22(28)13-7-19/h2-13H,15-16H2. The van der Waals surface area contributed by atoms with Gasteiger partial charge in [-0.05, 0) is 63.8 Å². The number of benzene rings is 3. The zero-order chi connectivity index (χ0) is 21.6. The Kier molecular flexibility index (Phi) is 7.86. The fraction of sp³-hybridized carbons (Fsp3) is 0.125. The molecular formula is C24H16BrCl3O2. The summed E-state index contributed by atoms with van der Waals surface area (Å²) >= 11 is 21.4. The molecule has 0 aliphatic rings. The maximum absolute atomic E-state index is 12.9. The minimum absolute atomic E-state index is 0.00200. The smallest absolute Gasteiger partial charge is 0.308 e. The Morgan fingerprint density at radius 3 is 1.47 bits per heavy atom. The largest absolute Gasteiger partial charge is 0.452 e. The highest BCUT2D eigenvalue weighted by Crippen LogP contribution is 2.43. The molecule has 0 saturated heterocycles. The first-order valence-electron chi connectivity index (χ1n) is 8.98. The first kappa shape index (κ1) is 22.7. The second-order valence-electron chi connectivity index (χ2n) is 6.53. The summed E-state index contributed by atoms with van der Waals surface area (Å²) in [5.74, 6) is 2.29. The van der Waals surface area contributed by atoms with E-state index in [2.05, 4.69) is 26.7 Å². The van der Waals surface area contributed by atoms with E-state index in [1.54, 1.807) is 36.4 Å². The molecule has 152 valence electrons. The van der Waals surface area contributed by atoms with Crippen molar-refractivity contribution in [2.24, 2.45) is 0 Å². The minimum atomic E-state index is -0.835. The number of hydrogen-bond acceptors (Lipinski definition) is 2. The van der Waals surface area contributed by atoms with Crippen molar-refractivity contribution in [3.05, 3.63) is 105 Å². The van der Waals surface area contributed by atoms with E-state index in [0.717, 1.165) is 16.7 Å². The summed E-state index contributed by atoms with van der Waals surface area (Å²) < 4.78 is 5.35. The normalized spacial score (nSPS) is 10.8. The van der Waals surface area contributed by atoms with Gasteiger partial charge in [0.15, 0.2) is 6.61 Å². The number of halogens is 4. The van der Waals surface area contributed by atoms with Crippen molar-refractivity contribution < 1.29 is 9.53 Å². The summed E-state index contributed by atoms with van der Waals surface area (Å²) in [6.07, 6.45) is 0.0574. The van der Waals surface area contributed by atoms with Gasteiger partial charge in [-0.2, -0.15) is 0 Å². The summed E-state index contributed by atoms with van der Waals surface area (Å²) in [5.41, 5.74) is 1.83. The molecule has 0 bridgehead atoms. The SMILES string of the molecule is O=C(CC(c1ccc(Cl)cc1)(c1ccc(Cl)cc1)c1ccc(Cl)cc1)OCC#CBr. The summed E-state index contributed by atoms with van der Waals surface area (Å²) in [6, 6.07) is 22.3. The van der Waals surface area contributed by atoms with Crippen molar-refractivity contribution in [2.45, 2.75) is 11.8 Å². The highest BCUT2D eigenvalue weighted by atomic mass is 79.9. The van der Waals surface area contributed by atoms with Gasteiger partial charge in [-0.1, -0.05) is 71.2 Å². The number of ether oxygens (including phenoxy) is 1. The molecule has 0 N–H and O–H groups in total. The van der Waals surface area contributed by atoms with Gasteiger partial charge in [0.25, 0.3) is 0 Å². The molecule has 0 atom stereocenters. The summed E-state index contributed by atoms with van der Waals surface area (Å²) in [7, 11) is 0. The van der Waals surface area contributed by atoms with Gasteiger partial charge in [-0.15, -0.1) is 0 Å². The molecule has 3 aromatic carbocycles. The van der Waals surface area contributed by atoms with Gasteiger partial charge in [-0.25, -0.2) is 0 Å². The molecule has 0 heterocycles. The molecule has 0 saturated carbocycles. The average molecular weight is 523 g/mol. The molecule has 3 rings (SSSR count). The molecule has 0 aliphatic carbocycles. The Hall–Kier alpha value is -1.96. The highest BCUT2D eigenvalue weighted by Gasteiger charge is 2.39. The highest BCUT2D eigenvalue weighted by molar-refractivity contribution is 9.12. The molecule has 0 aliphatic heterocycles. The van der Waals surface area contributed by atoms with Gasteiger partial charge >= 0.3 is 5.97 Å². The van der Waals surface area contributed by atoms with Crippen LogP contribution in [-0.4, -0.2) is 12.6 Å². The van der Waals surface area contributed by atoms with E-state index in [0.29, 0.717) is 15.1 Å². The summed E-state index contributed by atoms with van der Waals surface area (Å²) in [6.45, 7) is 0.00200. The first-order chi connectivity index (χ1) is 14.5. The molecule has 30 heavy (non-hydrogen) atoms. The Balaban J connectivity index is 2.22. The van der Waals surface area contributed by atoms with E-state index in [1.807, 2.05) is 36.4 Å². The predicted octanol–water partition coefficient (Wildman–Crippen LogP) is 7.27. The third-order valence-electron chi connectivity index (χ3n) is 4.79. The van der Waals surface area contributed by atoms with Gasteiger partial charge in [0.1, 0.15) is 0 Å². The van der Waals surface area contributed by atoms with Crippen molar-refractivity contribution >= 4 is 56.7 Å². The second-order valence-corrected chi connectivity index (χ2v) is 8.24. The van der Waals surface area contributed by atoms with Crippen LogP contribution in [0.15, 0.2) is 72.8 Å². The van der Waals surface area contributed by atoms with Crippen LogP contribution in [0.25, 0.3) is 0 Å². The Labute approximate surface area is 199 Å². The van der Waals surface area contributed by atoms with E-state index in [9.17, 15) is 4.79 Å². The molecule has 0 radical (unpaired) electrons. The van der Waals surface area contributed by atoms with Crippen LogP contribution in [0, 0.1) is 10.8 Å². The predicted molar refractivity (Wildman–Crippen MR) is 127 cm³/mol. The van der Waals surface area contributed by atoms with Gasteiger partial charge in [-0.3, -0.25) is 4.79 Å². The fourth-order valence-electron chi connectivity index (χ4n) is 3.42. The molecule has 0 fully saturated rings. The van der Waals surface area contributed by atoms with Crippen LogP contribution in [0.2, 0.25) is 15.1 Å². The zero-order valence-electron chi connectivity index (χ0n) is 15.7. The van der Waals surface area contributed by atoms with Crippen molar-refractivity contribution in [3.8, 4) is 10.8 Å². The number of carbonyl (C=O) groups is 1. The van der Waals surface area contributed by atoms with Gasteiger partial charge in [0.2, 0.25) is 0 Å². The van der Waals surface area contributed by atoms with Crippen LogP contribution in [0.1, 0.15) is 23.1 Å². The molecule has 3 aromatic rings. The van der Waals surface area contributed by atoms with Gasteiger partial charge in [0, 0.05) is 31.0 Å². The van der Waals surface area contributed by atoms with E-state index in [4.69, 9.17) is 39.5 Å². The second kappa shape index (κ2) is 10.4. The van der Waals surface area contributed by atoms with Gasteiger partial charge in [0.05, 0.1) is 11.8 Å². The van der Waals surface area contributed by atoms with Gasteiger partial charge < -0.3 is 4.74 Å². The van der Waals surface area contributed by atoms with Crippen molar-refractivity contribution in [1.29, 1.82) is 0 Å². The third-order valence-corrected chi connectivity index (χ3v) is 5.83. The summed E-state index contributed by atoms with van der Waals surface area (Å²) in [4.78, 5) is 15.4. The van der Waals surface area contributed by atoms with Crippen molar-refractivity contribution in [1.82, 2.24) is 0 Å².